The molecule has 1 aliphatic rings. The van der Waals surface area contributed by atoms with Gasteiger partial charge in [0.15, 0.2) is 0 Å². The van der Waals surface area contributed by atoms with Gasteiger partial charge in [-0.1, -0.05) is 91.0 Å². The van der Waals surface area contributed by atoms with Crippen molar-refractivity contribution in [2.24, 2.45) is 0 Å². The zero-order valence-corrected chi connectivity index (χ0v) is 21.1. The van der Waals surface area contributed by atoms with Gasteiger partial charge >= 0.3 is 0 Å². The predicted octanol–water partition coefficient (Wildman–Crippen LogP) is 6.01. The molecule has 0 unspecified atom stereocenters. The second kappa shape index (κ2) is 11.9. The van der Waals surface area contributed by atoms with Crippen molar-refractivity contribution in [3.05, 3.63) is 118 Å². The smallest absolute Gasteiger partial charge is 0.294 e. The van der Waals surface area contributed by atoms with Crippen molar-refractivity contribution in [1.29, 1.82) is 0 Å². The van der Waals surface area contributed by atoms with Gasteiger partial charge < -0.3 is 14.5 Å². The number of hydrogen-bond donors (Lipinski definition) is 0. The number of nitrogens with zero attached hydrogens (tertiary/aromatic N) is 2. The van der Waals surface area contributed by atoms with Crippen molar-refractivity contribution in [3.63, 3.8) is 0 Å². The van der Waals surface area contributed by atoms with E-state index in [4.69, 9.17) is 4.74 Å². The van der Waals surface area contributed by atoms with Gasteiger partial charge in [0.2, 0.25) is 5.91 Å². The first-order valence-electron chi connectivity index (χ1n) is 12.9. The average molecular weight is 511 g/mol. The van der Waals surface area contributed by atoms with Gasteiger partial charge in [-0.15, -0.1) is 10.1 Å². The van der Waals surface area contributed by atoms with E-state index < -0.39 is 5.09 Å². The van der Waals surface area contributed by atoms with E-state index in [9.17, 15) is 14.9 Å². The number of rotatable bonds is 9. The highest BCUT2D eigenvalue weighted by Crippen LogP contribution is 2.34. The number of fused-ring (bicyclic) bond motifs is 1. The number of hydrogen-bond acceptors (Lipinski definition) is 5. The van der Waals surface area contributed by atoms with Crippen molar-refractivity contribution >= 4 is 16.7 Å². The summed E-state index contributed by atoms with van der Waals surface area (Å²) >= 11 is 0. The van der Waals surface area contributed by atoms with E-state index in [0.29, 0.717) is 19.7 Å². The zero-order chi connectivity index (χ0) is 26.3. The normalized spacial score (nSPS) is 17.3. The fourth-order valence-corrected chi connectivity index (χ4v) is 5.17. The first kappa shape index (κ1) is 25.4. The minimum atomic E-state index is -0.866. The number of carbonyl (C=O) groups excluding carboxylic acids is 1. The maximum atomic E-state index is 12.8. The summed E-state index contributed by atoms with van der Waals surface area (Å²) in [5.74, 6) is -0.0548. The molecule has 2 atom stereocenters. The van der Waals surface area contributed by atoms with Gasteiger partial charge in [0.1, 0.15) is 6.61 Å². The quantitative estimate of drug-likeness (QED) is 0.204. The fourth-order valence-electron chi connectivity index (χ4n) is 5.17. The van der Waals surface area contributed by atoms with Crippen LogP contribution in [0.5, 0.6) is 0 Å². The first-order chi connectivity index (χ1) is 18.6. The maximum absolute atomic E-state index is 12.8. The summed E-state index contributed by atoms with van der Waals surface area (Å²) in [6, 6.07) is 33.3. The lowest BCUT2D eigenvalue weighted by molar-refractivity contribution is -0.757. The van der Waals surface area contributed by atoms with Crippen LogP contribution in [0.2, 0.25) is 0 Å². The molecule has 0 aliphatic carbocycles. The van der Waals surface area contributed by atoms with Crippen molar-refractivity contribution in [2.45, 2.75) is 31.5 Å². The topological polar surface area (TPSA) is 81.9 Å². The predicted molar refractivity (Wildman–Crippen MR) is 146 cm³/mol. The van der Waals surface area contributed by atoms with Crippen LogP contribution in [-0.2, 0) is 21.0 Å². The van der Waals surface area contributed by atoms with Crippen LogP contribution in [0.1, 0.15) is 29.9 Å². The molecular formula is C31H30N2O5. The Morgan fingerprint density at radius 3 is 2.47 bits per heavy atom. The van der Waals surface area contributed by atoms with Crippen LogP contribution in [0.25, 0.3) is 21.9 Å². The largest absolute Gasteiger partial charge is 0.371 e. The van der Waals surface area contributed by atoms with Gasteiger partial charge in [-0.05, 0) is 45.5 Å². The number of ether oxygens (including phenoxy) is 1. The molecule has 0 bridgehead atoms. The second-order valence-corrected chi connectivity index (χ2v) is 9.56. The highest BCUT2D eigenvalue weighted by atomic mass is 16.9. The molecule has 1 saturated heterocycles. The van der Waals surface area contributed by atoms with Crippen molar-refractivity contribution < 1.29 is 19.5 Å². The SMILES string of the molecule is O=C(CCO[N+](=O)[O-])N1CC[C@H](c2cccc(-c3ccccc3)c2)[C@@H](OCc2ccc3ccccc3c2)C1. The highest BCUT2D eigenvalue weighted by Gasteiger charge is 2.33. The molecule has 0 spiro atoms. The molecule has 5 rings (SSSR count). The summed E-state index contributed by atoms with van der Waals surface area (Å²) in [5, 5.41) is 12.0. The molecule has 7 heteroatoms. The van der Waals surface area contributed by atoms with Crippen LogP contribution in [0.4, 0.5) is 0 Å². The van der Waals surface area contributed by atoms with Crippen LogP contribution in [0.3, 0.4) is 0 Å². The number of carbonyl (C=O) groups is 1. The molecule has 0 N–H and O–H groups in total. The van der Waals surface area contributed by atoms with Gasteiger partial charge in [-0.3, -0.25) is 4.79 Å². The lowest BCUT2D eigenvalue weighted by atomic mass is 9.85. The molecule has 0 aromatic heterocycles. The number of likely N-dealkylation sites (tertiary alicyclic amines) is 1. The Morgan fingerprint density at radius 2 is 1.66 bits per heavy atom. The van der Waals surface area contributed by atoms with Crippen LogP contribution in [-0.4, -0.2) is 41.7 Å². The van der Waals surface area contributed by atoms with Crippen molar-refractivity contribution in [1.82, 2.24) is 4.90 Å². The van der Waals surface area contributed by atoms with Gasteiger partial charge in [0.25, 0.3) is 5.09 Å². The molecule has 194 valence electrons. The Hall–Kier alpha value is -4.23. The highest BCUT2D eigenvalue weighted by molar-refractivity contribution is 5.83. The average Bonchev–Trinajstić information content (AvgIpc) is 2.96. The summed E-state index contributed by atoms with van der Waals surface area (Å²) in [6.45, 7) is 1.17. The molecule has 0 saturated carbocycles. The maximum Gasteiger partial charge on any atom is 0.294 e. The molecule has 4 aromatic carbocycles. The third-order valence-corrected chi connectivity index (χ3v) is 7.12. The van der Waals surface area contributed by atoms with Crippen LogP contribution < -0.4 is 0 Å². The Morgan fingerprint density at radius 1 is 0.895 bits per heavy atom. The molecule has 7 nitrogen and oxygen atoms in total. The fraction of sp³-hybridized carbons (Fsp3) is 0.258. The molecule has 1 amide bonds. The van der Waals surface area contributed by atoms with Crippen LogP contribution in [0.15, 0.2) is 97.1 Å². The lowest BCUT2D eigenvalue weighted by Gasteiger charge is -2.39. The third-order valence-electron chi connectivity index (χ3n) is 7.12. The zero-order valence-electron chi connectivity index (χ0n) is 21.1. The van der Waals surface area contributed by atoms with Gasteiger partial charge in [0.05, 0.1) is 19.1 Å². The van der Waals surface area contributed by atoms with E-state index in [-0.39, 0.29) is 31.0 Å². The van der Waals surface area contributed by atoms with Gasteiger partial charge in [-0.2, -0.15) is 0 Å². The molecule has 38 heavy (non-hydrogen) atoms. The Balaban J connectivity index is 1.35. The Labute approximate surface area is 221 Å². The minimum absolute atomic E-state index is 0.0352. The van der Waals surface area contributed by atoms with E-state index in [1.165, 1.54) is 10.9 Å². The monoisotopic (exact) mass is 510 g/mol. The van der Waals surface area contributed by atoms with Crippen LogP contribution >= 0.6 is 0 Å². The summed E-state index contributed by atoms with van der Waals surface area (Å²) in [4.78, 5) is 29.4. The van der Waals surface area contributed by atoms with E-state index in [2.05, 4.69) is 71.6 Å². The van der Waals surface area contributed by atoms with E-state index >= 15 is 0 Å². The van der Waals surface area contributed by atoms with E-state index in [1.54, 1.807) is 4.90 Å². The summed E-state index contributed by atoms with van der Waals surface area (Å²) in [5.41, 5.74) is 4.55. The van der Waals surface area contributed by atoms with Crippen LogP contribution in [0, 0.1) is 10.1 Å². The standard InChI is InChI=1S/C31H30N2O5/c34-31(16-18-38-33(35)36)32-17-15-29(28-12-6-11-27(20-28)24-7-2-1-3-8-24)30(21-32)37-22-23-13-14-25-9-4-5-10-26(25)19-23/h1-14,19-20,29-30H,15-18,21-22H2/t29-,30+/m1/s1. The van der Waals surface area contributed by atoms with Gasteiger partial charge in [-0.25, -0.2) is 0 Å². The molecule has 4 aromatic rings. The first-order valence-corrected chi connectivity index (χ1v) is 12.9. The minimum Gasteiger partial charge on any atom is -0.371 e. The number of benzene rings is 4. The Bertz CT molecular complexity index is 1410. The number of piperidine rings is 1. The number of amides is 1. The summed E-state index contributed by atoms with van der Waals surface area (Å²) in [7, 11) is 0. The van der Waals surface area contributed by atoms with E-state index in [0.717, 1.165) is 28.5 Å². The van der Waals surface area contributed by atoms with Gasteiger partial charge in [0, 0.05) is 19.0 Å². The molecule has 0 radical (unpaired) electrons. The summed E-state index contributed by atoms with van der Waals surface area (Å²) < 4.78 is 6.52. The van der Waals surface area contributed by atoms with E-state index in [1.807, 2.05) is 30.3 Å². The van der Waals surface area contributed by atoms with Crippen molar-refractivity contribution in [2.75, 3.05) is 19.7 Å². The lowest BCUT2D eigenvalue weighted by Crippen LogP contribution is -2.47. The molecular weight excluding hydrogens is 480 g/mol. The Kier molecular flexibility index (Phi) is 7.95. The third kappa shape index (κ3) is 6.18. The van der Waals surface area contributed by atoms with Crippen molar-refractivity contribution in [3.8, 4) is 11.1 Å². The summed E-state index contributed by atoms with van der Waals surface area (Å²) in [6.07, 6.45) is 0.483. The molecule has 1 heterocycles. The molecule has 1 fully saturated rings. The second-order valence-electron chi connectivity index (χ2n) is 9.56. The molecule has 1 aliphatic heterocycles.